The van der Waals surface area contributed by atoms with Crippen molar-refractivity contribution in [3.05, 3.63) is 36.0 Å². The number of fused-ring (bicyclic) bond motifs is 1. The highest BCUT2D eigenvalue weighted by molar-refractivity contribution is 5.82. The van der Waals surface area contributed by atoms with Crippen molar-refractivity contribution in [3.8, 4) is 6.07 Å². The number of aromatic nitrogens is 1. The van der Waals surface area contributed by atoms with Gasteiger partial charge < -0.3 is 4.57 Å². The van der Waals surface area contributed by atoms with E-state index in [9.17, 15) is 4.79 Å². The van der Waals surface area contributed by atoms with Gasteiger partial charge in [0.05, 0.1) is 11.6 Å². The highest BCUT2D eigenvalue weighted by atomic mass is 16.1. The molecule has 1 heterocycles. The number of ketones is 1. The van der Waals surface area contributed by atoms with Crippen LogP contribution in [0.25, 0.3) is 10.9 Å². The van der Waals surface area contributed by atoms with Crippen LogP contribution in [0.1, 0.15) is 37.3 Å². The number of carbonyl (C=O) groups excluding carboxylic acids is 1. The number of Topliss-reactive ketones (excluding diaryl/α,β-unsaturated/α-hetero) is 1. The largest absolute Gasteiger partial charge is 0.344 e. The minimum Gasteiger partial charge on any atom is -0.344 e. The molecular weight excluding hydrogens is 224 g/mol. The molecule has 0 saturated heterocycles. The Hall–Kier alpha value is -2.08. The second kappa shape index (κ2) is 4.30. The third-order valence-electron chi connectivity index (χ3n) is 3.76. The molecule has 3 nitrogen and oxygen atoms in total. The van der Waals surface area contributed by atoms with Gasteiger partial charge in [0.15, 0.2) is 0 Å². The Morgan fingerprint density at radius 1 is 1.22 bits per heavy atom. The molecule has 0 aliphatic heterocycles. The lowest BCUT2D eigenvalue weighted by atomic mass is 9.94. The van der Waals surface area contributed by atoms with Crippen molar-refractivity contribution in [2.24, 2.45) is 0 Å². The van der Waals surface area contributed by atoms with Gasteiger partial charge in [-0.3, -0.25) is 4.79 Å². The van der Waals surface area contributed by atoms with Gasteiger partial charge in [-0.1, -0.05) is 0 Å². The summed E-state index contributed by atoms with van der Waals surface area (Å²) < 4.78 is 2.25. The quantitative estimate of drug-likeness (QED) is 0.765. The summed E-state index contributed by atoms with van der Waals surface area (Å²) in [4.78, 5) is 11.3. The second-order valence-electron chi connectivity index (χ2n) is 4.88. The zero-order valence-electron chi connectivity index (χ0n) is 10.1. The Balaban J connectivity index is 1.98. The fourth-order valence-corrected chi connectivity index (χ4v) is 2.75. The Morgan fingerprint density at radius 2 is 2.00 bits per heavy atom. The smallest absolute Gasteiger partial charge is 0.133 e. The molecule has 2 aromatic rings. The Labute approximate surface area is 106 Å². The lowest BCUT2D eigenvalue weighted by Crippen LogP contribution is -2.17. The molecular formula is C15H14N2O. The standard InChI is InChI=1S/C15H14N2O/c16-10-11-1-6-15-12(9-11)7-8-17(15)13-2-4-14(18)5-3-13/h1,6-9,13H,2-5H2. The summed E-state index contributed by atoms with van der Waals surface area (Å²) in [5, 5.41) is 9.99. The van der Waals surface area contributed by atoms with Gasteiger partial charge in [0.1, 0.15) is 5.78 Å². The maximum absolute atomic E-state index is 11.3. The number of carbonyl (C=O) groups is 1. The van der Waals surface area contributed by atoms with Crippen molar-refractivity contribution in [3.63, 3.8) is 0 Å². The van der Waals surface area contributed by atoms with Crippen LogP contribution in [0.2, 0.25) is 0 Å². The third kappa shape index (κ3) is 1.80. The van der Waals surface area contributed by atoms with Crippen LogP contribution in [0.15, 0.2) is 30.5 Å². The predicted octanol–water partition coefficient (Wildman–Crippen LogP) is 3.20. The van der Waals surface area contributed by atoms with E-state index in [-0.39, 0.29) is 0 Å². The van der Waals surface area contributed by atoms with E-state index >= 15 is 0 Å². The maximum atomic E-state index is 11.3. The van der Waals surface area contributed by atoms with Crippen LogP contribution in [0, 0.1) is 11.3 Å². The van der Waals surface area contributed by atoms with Crippen LogP contribution in [-0.2, 0) is 4.79 Å². The van der Waals surface area contributed by atoms with Crippen LogP contribution >= 0.6 is 0 Å². The van der Waals surface area contributed by atoms with Crippen molar-refractivity contribution in [2.45, 2.75) is 31.7 Å². The minimum absolute atomic E-state index is 0.384. The molecule has 0 N–H and O–H groups in total. The predicted molar refractivity (Wildman–Crippen MR) is 69.2 cm³/mol. The van der Waals surface area contributed by atoms with E-state index in [1.54, 1.807) is 0 Å². The minimum atomic E-state index is 0.384. The number of nitriles is 1. The number of hydrogen-bond donors (Lipinski definition) is 0. The van der Waals surface area contributed by atoms with Gasteiger partial charge in [-0.2, -0.15) is 5.26 Å². The van der Waals surface area contributed by atoms with Gasteiger partial charge in [0.2, 0.25) is 0 Å². The van der Waals surface area contributed by atoms with Gasteiger partial charge in [0, 0.05) is 36.0 Å². The van der Waals surface area contributed by atoms with Crippen LogP contribution < -0.4 is 0 Å². The summed E-state index contributed by atoms with van der Waals surface area (Å²) >= 11 is 0. The van der Waals surface area contributed by atoms with E-state index in [0.717, 1.165) is 23.7 Å². The first-order valence-electron chi connectivity index (χ1n) is 6.30. The van der Waals surface area contributed by atoms with Crippen LogP contribution in [0.5, 0.6) is 0 Å². The fourth-order valence-electron chi connectivity index (χ4n) is 2.75. The SMILES string of the molecule is N#Cc1ccc2c(ccn2C2CCC(=O)CC2)c1. The number of hydrogen-bond acceptors (Lipinski definition) is 2. The zero-order chi connectivity index (χ0) is 12.5. The topological polar surface area (TPSA) is 45.8 Å². The summed E-state index contributed by atoms with van der Waals surface area (Å²) in [5.74, 6) is 0.384. The summed E-state index contributed by atoms with van der Waals surface area (Å²) in [6.45, 7) is 0. The first-order valence-corrected chi connectivity index (χ1v) is 6.30. The van der Waals surface area contributed by atoms with Gasteiger partial charge in [-0.05, 0) is 37.1 Å². The van der Waals surface area contributed by atoms with E-state index < -0.39 is 0 Å². The van der Waals surface area contributed by atoms with Crippen LogP contribution in [0.4, 0.5) is 0 Å². The van der Waals surface area contributed by atoms with E-state index in [1.165, 1.54) is 0 Å². The van der Waals surface area contributed by atoms with Crippen molar-refractivity contribution >= 4 is 16.7 Å². The highest BCUT2D eigenvalue weighted by Crippen LogP contribution is 2.30. The normalized spacial score (nSPS) is 16.9. The first-order chi connectivity index (χ1) is 8.78. The zero-order valence-corrected chi connectivity index (χ0v) is 10.1. The molecule has 0 amide bonds. The lowest BCUT2D eigenvalue weighted by Gasteiger charge is -2.23. The summed E-state index contributed by atoms with van der Waals surface area (Å²) in [7, 11) is 0. The van der Waals surface area contributed by atoms with E-state index in [2.05, 4.69) is 16.8 Å². The summed E-state index contributed by atoms with van der Waals surface area (Å²) in [5.41, 5.74) is 1.85. The second-order valence-corrected chi connectivity index (χ2v) is 4.88. The number of benzene rings is 1. The van der Waals surface area contributed by atoms with Gasteiger partial charge in [0.25, 0.3) is 0 Å². The molecule has 0 radical (unpaired) electrons. The van der Waals surface area contributed by atoms with Crippen molar-refractivity contribution in [2.75, 3.05) is 0 Å². The van der Waals surface area contributed by atoms with Crippen LogP contribution in [0.3, 0.4) is 0 Å². The lowest BCUT2D eigenvalue weighted by molar-refractivity contribution is -0.120. The Bertz CT molecular complexity index is 638. The monoisotopic (exact) mass is 238 g/mol. The Kier molecular flexibility index (Phi) is 2.64. The van der Waals surface area contributed by atoms with Crippen molar-refractivity contribution < 1.29 is 4.79 Å². The fraction of sp³-hybridized carbons (Fsp3) is 0.333. The molecule has 1 aromatic heterocycles. The van der Waals surface area contributed by atoms with Crippen LogP contribution in [-0.4, -0.2) is 10.4 Å². The molecule has 90 valence electrons. The third-order valence-corrected chi connectivity index (χ3v) is 3.76. The molecule has 3 rings (SSSR count). The molecule has 1 aliphatic rings. The van der Waals surface area contributed by atoms with Gasteiger partial charge >= 0.3 is 0 Å². The van der Waals surface area contributed by atoms with E-state index in [1.807, 2.05) is 24.3 Å². The van der Waals surface area contributed by atoms with Gasteiger partial charge in [-0.25, -0.2) is 0 Å². The van der Waals surface area contributed by atoms with E-state index in [0.29, 0.717) is 30.2 Å². The highest BCUT2D eigenvalue weighted by Gasteiger charge is 2.20. The molecule has 3 heteroatoms. The maximum Gasteiger partial charge on any atom is 0.133 e. The molecule has 18 heavy (non-hydrogen) atoms. The molecule has 0 spiro atoms. The molecule has 0 unspecified atom stereocenters. The molecule has 0 bridgehead atoms. The molecule has 0 atom stereocenters. The number of rotatable bonds is 1. The number of nitrogens with zero attached hydrogens (tertiary/aromatic N) is 2. The van der Waals surface area contributed by atoms with Crippen molar-refractivity contribution in [1.82, 2.24) is 4.57 Å². The molecule has 1 aromatic carbocycles. The Morgan fingerprint density at radius 3 is 2.72 bits per heavy atom. The average Bonchev–Trinajstić information content (AvgIpc) is 2.82. The summed E-state index contributed by atoms with van der Waals surface area (Å²) in [6.07, 6.45) is 5.33. The molecule has 1 saturated carbocycles. The molecule has 1 aliphatic carbocycles. The summed E-state index contributed by atoms with van der Waals surface area (Å²) in [6, 6.07) is 10.4. The van der Waals surface area contributed by atoms with E-state index in [4.69, 9.17) is 5.26 Å². The molecule has 1 fully saturated rings. The van der Waals surface area contributed by atoms with Crippen molar-refractivity contribution in [1.29, 1.82) is 5.26 Å². The average molecular weight is 238 g/mol. The van der Waals surface area contributed by atoms with Gasteiger partial charge in [-0.15, -0.1) is 0 Å². The first kappa shape index (κ1) is 11.0.